The molecule has 2 aromatic rings. The van der Waals surface area contributed by atoms with Gasteiger partial charge in [0.1, 0.15) is 0 Å². The second-order valence-corrected chi connectivity index (χ2v) is 4.79. The monoisotopic (exact) mass is 211 g/mol. The summed E-state index contributed by atoms with van der Waals surface area (Å²) in [6.07, 6.45) is 0. The van der Waals surface area contributed by atoms with Crippen LogP contribution in [0.4, 0.5) is 5.69 Å². The molecular weight excluding hydrogens is 198 g/mol. The van der Waals surface area contributed by atoms with Crippen LogP contribution in [-0.2, 0) is 10.2 Å². The van der Waals surface area contributed by atoms with Crippen LogP contribution in [0.5, 0.6) is 0 Å². The highest BCUT2D eigenvalue weighted by molar-refractivity contribution is 6.11. The molecular formula is C14H13NO. The third-order valence-corrected chi connectivity index (χ3v) is 3.37. The lowest BCUT2D eigenvalue weighted by Gasteiger charge is -2.17. The van der Waals surface area contributed by atoms with E-state index in [0.29, 0.717) is 0 Å². The summed E-state index contributed by atoms with van der Waals surface area (Å²) < 4.78 is 0. The van der Waals surface area contributed by atoms with E-state index in [9.17, 15) is 4.79 Å². The fourth-order valence-corrected chi connectivity index (χ4v) is 2.44. The van der Waals surface area contributed by atoms with Crippen molar-refractivity contribution in [1.29, 1.82) is 0 Å². The van der Waals surface area contributed by atoms with Crippen LogP contribution in [0.3, 0.4) is 0 Å². The third-order valence-electron chi connectivity index (χ3n) is 3.37. The minimum Gasteiger partial charge on any atom is -0.325 e. The van der Waals surface area contributed by atoms with Gasteiger partial charge in [-0.1, -0.05) is 30.3 Å². The Kier molecular flexibility index (Phi) is 1.67. The molecule has 2 nitrogen and oxygen atoms in total. The molecule has 80 valence electrons. The summed E-state index contributed by atoms with van der Waals surface area (Å²) in [5, 5.41) is 5.30. The first-order valence-corrected chi connectivity index (χ1v) is 5.44. The molecule has 1 heterocycles. The van der Waals surface area contributed by atoms with Gasteiger partial charge in [-0.25, -0.2) is 0 Å². The quantitative estimate of drug-likeness (QED) is 0.713. The number of amides is 1. The maximum Gasteiger partial charge on any atom is 0.234 e. The van der Waals surface area contributed by atoms with Crippen LogP contribution in [0, 0.1) is 0 Å². The average Bonchev–Trinajstić information content (AvgIpc) is 2.50. The molecule has 16 heavy (non-hydrogen) atoms. The summed E-state index contributed by atoms with van der Waals surface area (Å²) in [6.45, 7) is 3.95. The van der Waals surface area contributed by atoms with Gasteiger partial charge in [-0.2, -0.15) is 0 Å². The number of fused-ring (bicyclic) bond motifs is 3. The van der Waals surface area contributed by atoms with Crippen molar-refractivity contribution in [3.05, 3.63) is 42.0 Å². The fraction of sp³-hybridized carbons (Fsp3) is 0.214. The van der Waals surface area contributed by atoms with Crippen molar-refractivity contribution >= 4 is 22.4 Å². The first-order chi connectivity index (χ1) is 7.60. The molecule has 0 spiro atoms. The Balaban J connectivity index is 2.44. The Morgan fingerprint density at radius 1 is 1.06 bits per heavy atom. The van der Waals surface area contributed by atoms with Gasteiger partial charge >= 0.3 is 0 Å². The number of benzene rings is 2. The smallest absolute Gasteiger partial charge is 0.234 e. The van der Waals surface area contributed by atoms with E-state index >= 15 is 0 Å². The molecule has 2 heteroatoms. The van der Waals surface area contributed by atoms with E-state index in [0.717, 1.165) is 11.3 Å². The SMILES string of the molecule is CC1(C)C(=O)Nc2ccc3ccccc3c21. The summed E-state index contributed by atoms with van der Waals surface area (Å²) in [5.74, 6) is 0.0823. The molecule has 0 saturated carbocycles. The highest BCUT2D eigenvalue weighted by Gasteiger charge is 2.39. The Hall–Kier alpha value is -1.83. The highest BCUT2D eigenvalue weighted by Crippen LogP contribution is 2.41. The van der Waals surface area contributed by atoms with Gasteiger partial charge in [0.05, 0.1) is 5.41 Å². The van der Waals surface area contributed by atoms with Gasteiger partial charge in [0.2, 0.25) is 5.91 Å². The van der Waals surface area contributed by atoms with Crippen LogP contribution in [0.15, 0.2) is 36.4 Å². The standard InChI is InChI=1S/C14H13NO/c1-14(2)12-10-6-4-3-5-9(10)7-8-11(12)15-13(14)16/h3-8H,1-2H3,(H,15,16). The van der Waals surface area contributed by atoms with Gasteiger partial charge in [-0.3, -0.25) is 4.79 Å². The molecule has 0 saturated heterocycles. The molecule has 0 fully saturated rings. The van der Waals surface area contributed by atoms with E-state index in [-0.39, 0.29) is 5.91 Å². The molecule has 1 N–H and O–H groups in total. The van der Waals surface area contributed by atoms with Crippen LogP contribution < -0.4 is 5.32 Å². The average molecular weight is 211 g/mol. The zero-order valence-electron chi connectivity index (χ0n) is 9.37. The van der Waals surface area contributed by atoms with Crippen LogP contribution in [-0.4, -0.2) is 5.91 Å². The molecule has 3 rings (SSSR count). The maximum atomic E-state index is 11.9. The molecule has 0 radical (unpaired) electrons. The largest absolute Gasteiger partial charge is 0.325 e. The number of rotatable bonds is 0. The number of hydrogen-bond donors (Lipinski definition) is 1. The number of carbonyl (C=O) groups excluding carboxylic acids is 1. The highest BCUT2D eigenvalue weighted by atomic mass is 16.2. The second-order valence-electron chi connectivity index (χ2n) is 4.79. The van der Waals surface area contributed by atoms with Crippen molar-refractivity contribution in [3.63, 3.8) is 0 Å². The normalized spacial score (nSPS) is 17.2. The zero-order valence-corrected chi connectivity index (χ0v) is 9.37. The second kappa shape index (κ2) is 2.85. The van der Waals surface area contributed by atoms with Crippen molar-refractivity contribution in [3.8, 4) is 0 Å². The minimum absolute atomic E-state index is 0.0823. The van der Waals surface area contributed by atoms with Gasteiger partial charge < -0.3 is 5.32 Å². The number of carbonyl (C=O) groups is 1. The van der Waals surface area contributed by atoms with Crippen LogP contribution in [0.25, 0.3) is 10.8 Å². The van der Waals surface area contributed by atoms with E-state index < -0.39 is 5.41 Å². The molecule has 2 aromatic carbocycles. The van der Waals surface area contributed by atoms with E-state index in [1.165, 1.54) is 10.8 Å². The van der Waals surface area contributed by atoms with Gasteiger partial charge in [0.15, 0.2) is 0 Å². The van der Waals surface area contributed by atoms with Gasteiger partial charge in [-0.15, -0.1) is 0 Å². The molecule has 0 unspecified atom stereocenters. The van der Waals surface area contributed by atoms with Crippen molar-refractivity contribution in [2.24, 2.45) is 0 Å². The van der Waals surface area contributed by atoms with Crippen molar-refractivity contribution in [2.45, 2.75) is 19.3 Å². The molecule has 0 aromatic heterocycles. The first-order valence-electron chi connectivity index (χ1n) is 5.44. The topological polar surface area (TPSA) is 29.1 Å². The first kappa shape index (κ1) is 9.40. The van der Waals surface area contributed by atoms with E-state index in [2.05, 4.69) is 23.5 Å². The van der Waals surface area contributed by atoms with E-state index in [1.54, 1.807) is 0 Å². The minimum atomic E-state index is -0.434. The molecule has 0 aliphatic carbocycles. The number of nitrogens with one attached hydrogen (secondary N) is 1. The fourth-order valence-electron chi connectivity index (χ4n) is 2.44. The van der Waals surface area contributed by atoms with Gasteiger partial charge in [-0.05, 0) is 36.2 Å². The zero-order chi connectivity index (χ0) is 11.3. The van der Waals surface area contributed by atoms with Gasteiger partial charge in [0, 0.05) is 5.69 Å². The summed E-state index contributed by atoms with van der Waals surface area (Å²) in [5.41, 5.74) is 1.64. The Bertz CT molecular complexity index is 599. The third kappa shape index (κ3) is 1.04. The van der Waals surface area contributed by atoms with Crippen LogP contribution in [0.1, 0.15) is 19.4 Å². The van der Waals surface area contributed by atoms with Crippen molar-refractivity contribution in [1.82, 2.24) is 0 Å². The predicted octanol–water partition coefficient (Wildman–Crippen LogP) is 3.07. The molecule has 0 bridgehead atoms. The Morgan fingerprint density at radius 3 is 2.62 bits per heavy atom. The van der Waals surface area contributed by atoms with E-state index in [4.69, 9.17) is 0 Å². The summed E-state index contributed by atoms with van der Waals surface area (Å²) in [7, 11) is 0. The lowest BCUT2D eigenvalue weighted by molar-refractivity contribution is -0.119. The Labute approximate surface area is 94.3 Å². The summed E-state index contributed by atoms with van der Waals surface area (Å²) >= 11 is 0. The number of hydrogen-bond acceptors (Lipinski definition) is 1. The molecule has 0 atom stereocenters. The summed E-state index contributed by atoms with van der Waals surface area (Å²) in [4.78, 5) is 11.9. The lowest BCUT2D eigenvalue weighted by Crippen LogP contribution is -2.27. The van der Waals surface area contributed by atoms with E-state index in [1.807, 2.05) is 32.0 Å². The molecule has 1 aliphatic rings. The molecule has 1 aliphatic heterocycles. The predicted molar refractivity (Wildman–Crippen MR) is 65.6 cm³/mol. The van der Waals surface area contributed by atoms with Crippen LogP contribution in [0.2, 0.25) is 0 Å². The van der Waals surface area contributed by atoms with Crippen molar-refractivity contribution in [2.75, 3.05) is 5.32 Å². The Morgan fingerprint density at radius 2 is 1.81 bits per heavy atom. The van der Waals surface area contributed by atoms with Crippen LogP contribution >= 0.6 is 0 Å². The maximum absolute atomic E-state index is 11.9. The number of anilines is 1. The molecule has 1 amide bonds. The van der Waals surface area contributed by atoms with Crippen molar-refractivity contribution < 1.29 is 4.79 Å². The van der Waals surface area contributed by atoms with Gasteiger partial charge in [0.25, 0.3) is 0 Å². The lowest BCUT2D eigenvalue weighted by atomic mass is 9.83. The summed E-state index contributed by atoms with van der Waals surface area (Å²) in [6, 6.07) is 12.2.